The number of Topliss-reactive ketones (excluding diaryl/α,β-unsaturated/α-hetero) is 1. The molecule has 1 aromatic carbocycles. The molecule has 0 amide bonds. The number of benzene rings is 1. The van der Waals surface area contributed by atoms with Crippen LogP contribution in [0.3, 0.4) is 0 Å². The van der Waals surface area contributed by atoms with E-state index in [-0.39, 0.29) is 12.3 Å². The molecule has 0 radical (unpaired) electrons. The van der Waals surface area contributed by atoms with Gasteiger partial charge in [0.05, 0.1) is 18.2 Å². The third kappa shape index (κ3) is 4.65. The minimum Gasteiger partial charge on any atom is -0.487 e. The van der Waals surface area contributed by atoms with Crippen molar-refractivity contribution >= 4 is 5.78 Å². The largest absolute Gasteiger partial charge is 0.487 e. The van der Waals surface area contributed by atoms with E-state index in [4.69, 9.17) is 10.00 Å². The molecule has 2 rings (SSSR count). The maximum Gasteiger partial charge on any atom is 0.227 e. The van der Waals surface area contributed by atoms with Crippen LogP contribution < -0.4 is 9.30 Å². The fourth-order valence-electron chi connectivity index (χ4n) is 2.16. The van der Waals surface area contributed by atoms with Gasteiger partial charge in [0, 0.05) is 18.6 Å². The number of carbonyl (C=O) groups is 1. The van der Waals surface area contributed by atoms with E-state index in [1.165, 1.54) is 0 Å². The number of pyridine rings is 1. The summed E-state index contributed by atoms with van der Waals surface area (Å²) in [4.78, 5) is 12.4. The second-order valence-corrected chi connectivity index (χ2v) is 5.45. The monoisotopic (exact) mass is 309 g/mol. The number of rotatable bonds is 7. The molecule has 23 heavy (non-hydrogen) atoms. The summed E-state index contributed by atoms with van der Waals surface area (Å²) in [5.74, 6) is 0.782. The van der Waals surface area contributed by atoms with Crippen molar-refractivity contribution in [2.24, 2.45) is 0 Å². The van der Waals surface area contributed by atoms with Crippen LogP contribution in [0.2, 0.25) is 0 Å². The van der Waals surface area contributed by atoms with E-state index in [1.807, 2.05) is 29.8 Å². The number of nitrogens with zero attached hydrogens (tertiary/aromatic N) is 2. The molecule has 0 bridgehead atoms. The van der Waals surface area contributed by atoms with Crippen LogP contribution in [-0.4, -0.2) is 12.4 Å². The van der Waals surface area contributed by atoms with Gasteiger partial charge in [-0.15, -0.1) is 0 Å². The predicted octanol–water partition coefficient (Wildman–Crippen LogP) is 3.22. The van der Waals surface area contributed by atoms with Crippen molar-refractivity contribution in [2.45, 2.75) is 33.2 Å². The maximum atomic E-state index is 12.4. The summed E-state index contributed by atoms with van der Waals surface area (Å²) < 4.78 is 7.58. The van der Waals surface area contributed by atoms with Crippen molar-refractivity contribution < 1.29 is 14.1 Å². The molecule has 0 aliphatic heterocycles. The molecule has 4 heteroatoms. The van der Waals surface area contributed by atoms with Crippen LogP contribution in [0.15, 0.2) is 42.6 Å². The topological polar surface area (TPSA) is 54.0 Å². The van der Waals surface area contributed by atoms with Gasteiger partial charge in [-0.3, -0.25) is 4.79 Å². The van der Waals surface area contributed by atoms with Crippen LogP contribution in [0, 0.1) is 18.3 Å². The zero-order valence-corrected chi connectivity index (χ0v) is 13.6. The highest BCUT2D eigenvalue weighted by Gasteiger charge is 2.16. The van der Waals surface area contributed by atoms with Gasteiger partial charge in [-0.2, -0.15) is 9.83 Å². The molecule has 0 N–H and O–H groups in total. The molecular weight excluding hydrogens is 288 g/mol. The van der Waals surface area contributed by atoms with E-state index in [0.717, 1.165) is 24.3 Å². The fraction of sp³-hybridized carbons (Fsp3) is 0.316. The lowest BCUT2D eigenvalue weighted by Gasteiger charge is -2.06. The van der Waals surface area contributed by atoms with Gasteiger partial charge in [0.25, 0.3) is 0 Å². The van der Waals surface area contributed by atoms with Crippen molar-refractivity contribution in [3.63, 3.8) is 0 Å². The normalized spacial score (nSPS) is 10.1. The van der Waals surface area contributed by atoms with Crippen molar-refractivity contribution in [1.29, 1.82) is 5.26 Å². The average Bonchev–Trinajstić information content (AvgIpc) is 2.58. The number of aryl methyl sites for hydroxylation is 1. The van der Waals surface area contributed by atoms with E-state index < -0.39 is 0 Å². The number of hydrogen-bond donors (Lipinski definition) is 0. The van der Waals surface area contributed by atoms with Crippen molar-refractivity contribution in [1.82, 2.24) is 0 Å². The van der Waals surface area contributed by atoms with Crippen molar-refractivity contribution in [2.75, 3.05) is 6.61 Å². The van der Waals surface area contributed by atoms with E-state index in [0.29, 0.717) is 17.7 Å². The number of unbranched alkanes of at least 4 members (excludes halogenated alkanes) is 1. The third-order valence-electron chi connectivity index (χ3n) is 3.64. The summed E-state index contributed by atoms with van der Waals surface area (Å²) in [6, 6.07) is 12.6. The van der Waals surface area contributed by atoms with Crippen molar-refractivity contribution in [3.05, 3.63) is 59.4 Å². The van der Waals surface area contributed by atoms with Gasteiger partial charge in [-0.25, -0.2) is 0 Å². The second-order valence-electron chi connectivity index (χ2n) is 5.45. The Kier molecular flexibility index (Phi) is 5.87. The van der Waals surface area contributed by atoms with E-state index in [1.54, 1.807) is 24.3 Å². The number of carbonyl (C=O) groups excluding carboxylic acids is 1. The SMILES string of the molecule is CCCCOc1ccc(C)[n+](CC(=O)c2ccc(C#N)cc2)c1. The molecule has 1 heterocycles. The molecule has 0 aliphatic rings. The molecule has 0 atom stereocenters. The number of ether oxygens (including phenoxy) is 1. The summed E-state index contributed by atoms with van der Waals surface area (Å²) in [6.07, 6.45) is 3.97. The van der Waals surface area contributed by atoms with Crippen LogP contribution in [0.5, 0.6) is 5.75 Å². The minimum atomic E-state index is 0.00768. The van der Waals surface area contributed by atoms with E-state index in [2.05, 4.69) is 13.0 Å². The second kappa shape index (κ2) is 8.09. The zero-order chi connectivity index (χ0) is 16.7. The number of hydrogen-bond acceptors (Lipinski definition) is 3. The van der Waals surface area contributed by atoms with E-state index in [9.17, 15) is 4.79 Å². The summed E-state index contributed by atoms with van der Waals surface area (Å²) in [7, 11) is 0. The number of nitriles is 1. The quantitative estimate of drug-likeness (QED) is 0.448. The van der Waals surface area contributed by atoms with Crippen LogP contribution in [0.4, 0.5) is 0 Å². The van der Waals surface area contributed by atoms with Crippen LogP contribution in [0.1, 0.15) is 41.4 Å². The molecule has 0 fully saturated rings. The van der Waals surface area contributed by atoms with Gasteiger partial charge in [-0.1, -0.05) is 13.3 Å². The summed E-state index contributed by atoms with van der Waals surface area (Å²) in [5.41, 5.74) is 2.15. The van der Waals surface area contributed by atoms with Gasteiger partial charge in [0.15, 0.2) is 11.4 Å². The summed E-state index contributed by atoms with van der Waals surface area (Å²) in [5, 5.41) is 8.80. The van der Waals surface area contributed by atoms with Gasteiger partial charge < -0.3 is 4.74 Å². The summed E-state index contributed by atoms with van der Waals surface area (Å²) >= 11 is 0. The Morgan fingerprint density at radius 2 is 1.96 bits per heavy atom. The molecule has 2 aromatic rings. The van der Waals surface area contributed by atoms with Gasteiger partial charge in [0.2, 0.25) is 18.5 Å². The van der Waals surface area contributed by atoms with Gasteiger partial charge in [-0.05, 0) is 36.8 Å². The average molecular weight is 309 g/mol. The lowest BCUT2D eigenvalue weighted by atomic mass is 10.1. The number of ketones is 1. The Hall–Kier alpha value is -2.67. The molecule has 4 nitrogen and oxygen atoms in total. The first kappa shape index (κ1) is 16.7. The molecule has 0 aliphatic carbocycles. The zero-order valence-electron chi connectivity index (χ0n) is 13.6. The highest BCUT2D eigenvalue weighted by molar-refractivity contribution is 5.95. The molecule has 0 saturated carbocycles. The molecular formula is C19H21N2O2+. The molecule has 1 aromatic heterocycles. The molecule has 0 saturated heterocycles. The predicted molar refractivity (Wildman–Crippen MR) is 87.3 cm³/mol. The Bertz CT molecular complexity index is 715. The van der Waals surface area contributed by atoms with Crippen molar-refractivity contribution in [3.8, 4) is 11.8 Å². The standard InChI is InChI=1S/C19H21N2O2/c1-3-4-11-23-18-10-5-15(2)21(13-18)14-19(22)17-8-6-16(12-20)7-9-17/h5-10,13H,3-4,11,14H2,1-2H3/q+1. The van der Waals surface area contributed by atoms with Gasteiger partial charge in [0.1, 0.15) is 0 Å². The summed E-state index contributed by atoms with van der Waals surface area (Å²) in [6.45, 7) is 5.02. The van der Waals surface area contributed by atoms with Crippen LogP contribution >= 0.6 is 0 Å². The van der Waals surface area contributed by atoms with Crippen LogP contribution in [0.25, 0.3) is 0 Å². The molecule has 0 spiro atoms. The van der Waals surface area contributed by atoms with Gasteiger partial charge >= 0.3 is 0 Å². The Morgan fingerprint density at radius 3 is 2.61 bits per heavy atom. The first-order valence-electron chi connectivity index (χ1n) is 7.80. The fourth-order valence-corrected chi connectivity index (χ4v) is 2.16. The minimum absolute atomic E-state index is 0.00768. The van der Waals surface area contributed by atoms with Crippen LogP contribution in [-0.2, 0) is 6.54 Å². The lowest BCUT2D eigenvalue weighted by molar-refractivity contribution is -0.689. The lowest BCUT2D eigenvalue weighted by Crippen LogP contribution is -2.40. The maximum absolute atomic E-state index is 12.4. The highest BCUT2D eigenvalue weighted by Crippen LogP contribution is 2.10. The number of aromatic nitrogens is 1. The Balaban J connectivity index is 2.10. The molecule has 0 unspecified atom stereocenters. The Morgan fingerprint density at radius 1 is 1.22 bits per heavy atom. The third-order valence-corrected chi connectivity index (χ3v) is 3.64. The first-order chi connectivity index (χ1) is 11.1. The Labute approximate surface area is 137 Å². The smallest absolute Gasteiger partial charge is 0.227 e. The van der Waals surface area contributed by atoms with E-state index >= 15 is 0 Å². The highest BCUT2D eigenvalue weighted by atomic mass is 16.5. The first-order valence-corrected chi connectivity index (χ1v) is 7.80. The molecule has 118 valence electrons.